The molecule has 2 aromatic rings. The number of carbonyl (C=O) groups is 1. The van der Waals surface area contributed by atoms with Crippen molar-refractivity contribution in [3.63, 3.8) is 0 Å². The number of aryl methyl sites for hydroxylation is 2. The highest BCUT2D eigenvalue weighted by Gasteiger charge is 2.22. The predicted octanol–water partition coefficient (Wildman–Crippen LogP) is 3.72. The van der Waals surface area contributed by atoms with E-state index in [0.717, 1.165) is 50.6 Å². The number of hydrogen-bond acceptors (Lipinski definition) is 5. The number of amides is 1. The SMILES string of the molecule is CCCCC(=O)N1CCN(c2cc(Oc3ccc(C)cc3)nc(C)n2)CC1. The maximum Gasteiger partial charge on any atom is 0.224 e. The Morgan fingerprint density at radius 3 is 2.44 bits per heavy atom. The quantitative estimate of drug-likeness (QED) is 0.778. The summed E-state index contributed by atoms with van der Waals surface area (Å²) < 4.78 is 5.91. The Labute approximate surface area is 161 Å². The van der Waals surface area contributed by atoms with Crippen molar-refractivity contribution in [1.82, 2.24) is 14.9 Å². The summed E-state index contributed by atoms with van der Waals surface area (Å²) in [6.45, 7) is 9.05. The summed E-state index contributed by atoms with van der Waals surface area (Å²) in [4.78, 5) is 25.3. The lowest BCUT2D eigenvalue weighted by Gasteiger charge is -2.35. The van der Waals surface area contributed by atoms with Gasteiger partial charge in [-0.1, -0.05) is 31.0 Å². The summed E-state index contributed by atoms with van der Waals surface area (Å²) >= 11 is 0. The molecule has 1 aliphatic heterocycles. The average molecular weight is 368 g/mol. The van der Waals surface area contributed by atoms with Gasteiger partial charge in [0, 0.05) is 38.7 Å². The molecule has 0 unspecified atom stereocenters. The number of aromatic nitrogens is 2. The molecule has 2 heterocycles. The van der Waals surface area contributed by atoms with E-state index in [1.165, 1.54) is 5.56 Å². The van der Waals surface area contributed by atoms with E-state index in [1.807, 2.05) is 49.1 Å². The lowest BCUT2D eigenvalue weighted by atomic mass is 10.2. The molecule has 6 heteroatoms. The van der Waals surface area contributed by atoms with Gasteiger partial charge >= 0.3 is 0 Å². The van der Waals surface area contributed by atoms with E-state index in [0.29, 0.717) is 18.1 Å². The van der Waals surface area contributed by atoms with Gasteiger partial charge in [-0.05, 0) is 32.4 Å². The zero-order chi connectivity index (χ0) is 19.2. The first-order valence-corrected chi connectivity index (χ1v) is 9.68. The number of piperazine rings is 1. The molecule has 27 heavy (non-hydrogen) atoms. The first-order chi connectivity index (χ1) is 13.0. The van der Waals surface area contributed by atoms with Crippen LogP contribution in [0.15, 0.2) is 30.3 Å². The summed E-state index contributed by atoms with van der Waals surface area (Å²) in [5.74, 6) is 3.10. The van der Waals surface area contributed by atoms with E-state index in [1.54, 1.807) is 0 Å². The average Bonchev–Trinajstić information content (AvgIpc) is 2.67. The highest BCUT2D eigenvalue weighted by Crippen LogP contribution is 2.24. The number of rotatable bonds is 6. The maximum atomic E-state index is 12.2. The third-order valence-electron chi connectivity index (χ3n) is 4.74. The van der Waals surface area contributed by atoms with Gasteiger partial charge in [-0.3, -0.25) is 4.79 Å². The Bertz CT molecular complexity index is 768. The van der Waals surface area contributed by atoms with Crippen molar-refractivity contribution < 1.29 is 9.53 Å². The zero-order valence-electron chi connectivity index (χ0n) is 16.4. The zero-order valence-corrected chi connectivity index (χ0v) is 16.4. The van der Waals surface area contributed by atoms with Crippen LogP contribution in [0.3, 0.4) is 0 Å². The predicted molar refractivity (Wildman–Crippen MR) is 106 cm³/mol. The second-order valence-electron chi connectivity index (χ2n) is 7.00. The molecular weight excluding hydrogens is 340 g/mol. The van der Waals surface area contributed by atoms with Gasteiger partial charge in [0.2, 0.25) is 11.8 Å². The van der Waals surface area contributed by atoms with Gasteiger partial charge in [0.15, 0.2) is 0 Å². The second-order valence-corrected chi connectivity index (χ2v) is 7.00. The largest absolute Gasteiger partial charge is 0.439 e. The summed E-state index contributed by atoms with van der Waals surface area (Å²) in [7, 11) is 0. The van der Waals surface area contributed by atoms with Crippen molar-refractivity contribution in [2.75, 3.05) is 31.1 Å². The van der Waals surface area contributed by atoms with E-state index in [4.69, 9.17) is 4.74 Å². The molecule has 0 radical (unpaired) electrons. The number of unbranched alkanes of at least 4 members (excludes halogenated alkanes) is 1. The summed E-state index contributed by atoms with van der Waals surface area (Å²) in [5, 5.41) is 0. The van der Waals surface area contributed by atoms with Gasteiger partial charge in [0.25, 0.3) is 0 Å². The van der Waals surface area contributed by atoms with Crippen LogP contribution in [0, 0.1) is 13.8 Å². The fraction of sp³-hybridized carbons (Fsp3) is 0.476. The van der Waals surface area contributed by atoms with Gasteiger partial charge in [-0.25, -0.2) is 4.98 Å². The van der Waals surface area contributed by atoms with E-state index in [-0.39, 0.29) is 5.91 Å². The van der Waals surface area contributed by atoms with Crippen molar-refractivity contribution in [2.45, 2.75) is 40.0 Å². The molecule has 0 spiro atoms. The Hall–Kier alpha value is -2.63. The van der Waals surface area contributed by atoms with Crippen LogP contribution in [0.25, 0.3) is 0 Å². The molecule has 0 aliphatic carbocycles. The molecule has 0 atom stereocenters. The minimum absolute atomic E-state index is 0.263. The Morgan fingerprint density at radius 1 is 1.07 bits per heavy atom. The van der Waals surface area contributed by atoms with E-state index >= 15 is 0 Å². The molecule has 1 saturated heterocycles. The van der Waals surface area contributed by atoms with Crippen LogP contribution in [0.2, 0.25) is 0 Å². The molecule has 1 amide bonds. The molecule has 1 fully saturated rings. The number of hydrogen-bond donors (Lipinski definition) is 0. The molecule has 0 saturated carbocycles. The van der Waals surface area contributed by atoms with Crippen molar-refractivity contribution in [1.29, 1.82) is 0 Å². The lowest BCUT2D eigenvalue weighted by molar-refractivity contribution is -0.131. The third-order valence-corrected chi connectivity index (χ3v) is 4.74. The highest BCUT2D eigenvalue weighted by molar-refractivity contribution is 5.76. The highest BCUT2D eigenvalue weighted by atomic mass is 16.5. The molecule has 0 N–H and O–H groups in total. The second kappa shape index (κ2) is 8.84. The number of nitrogens with zero attached hydrogens (tertiary/aromatic N) is 4. The van der Waals surface area contributed by atoms with Crippen molar-refractivity contribution in [3.05, 3.63) is 41.7 Å². The molecule has 1 aromatic heterocycles. The van der Waals surface area contributed by atoms with Crippen LogP contribution >= 0.6 is 0 Å². The smallest absolute Gasteiger partial charge is 0.224 e. The van der Waals surface area contributed by atoms with Crippen molar-refractivity contribution in [3.8, 4) is 11.6 Å². The van der Waals surface area contributed by atoms with Crippen LogP contribution in [0.4, 0.5) is 5.82 Å². The number of carbonyl (C=O) groups excluding carboxylic acids is 1. The summed E-state index contributed by atoms with van der Waals surface area (Å²) in [5.41, 5.74) is 1.19. The standard InChI is InChI=1S/C21H28N4O2/c1-4-5-6-21(26)25-13-11-24(12-14-25)19-15-20(23-17(3)22-19)27-18-9-7-16(2)8-10-18/h7-10,15H,4-6,11-14H2,1-3H3. The Balaban J connectivity index is 1.64. The summed E-state index contributed by atoms with van der Waals surface area (Å²) in [6.07, 6.45) is 2.66. The topological polar surface area (TPSA) is 58.6 Å². The molecular formula is C21H28N4O2. The molecule has 6 nitrogen and oxygen atoms in total. The number of benzene rings is 1. The number of ether oxygens (including phenoxy) is 1. The first kappa shape index (κ1) is 19.1. The fourth-order valence-electron chi connectivity index (χ4n) is 3.14. The van der Waals surface area contributed by atoms with Gasteiger partial charge in [-0.2, -0.15) is 4.98 Å². The monoisotopic (exact) mass is 368 g/mol. The lowest BCUT2D eigenvalue weighted by Crippen LogP contribution is -2.49. The maximum absolute atomic E-state index is 12.2. The van der Waals surface area contributed by atoms with E-state index in [9.17, 15) is 4.79 Å². The molecule has 1 aromatic carbocycles. The van der Waals surface area contributed by atoms with E-state index < -0.39 is 0 Å². The minimum atomic E-state index is 0.263. The van der Waals surface area contributed by atoms with Gasteiger partial charge < -0.3 is 14.5 Å². The van der Waals surface area contributed by atoms with Gasteiger partial charge in [-0.15, -0.1) is 0 Å². The third kappa shape index (κ3) is 5.18. The Morgan fingerprint density at radius 2 is 1.78 bits per heavy atom. The van der Waals surface area contributed by atoms with Gasteiger partial charge in [0.05, 0.1) is 0 Å². The molecule has 0 bridgehead atoms. The summed E-state index contributed by atoms with van der Waals surface area (Å²) in [6, 6.07) is 9.78. The minimum Gasteiger partial charge on any atom is -0.439 e. The van der Waals surface area contributed by atoms with Crippen LogP contribution in [-0.2, 0) is 4.79 Å². The van der Waals surface area contributed by atoms with Crippen LogP contribution < -0.4 is 9.64 Å². The van der Waals surface area contributed by atoms with Crippen molar-refractivity contribution in [2.24, 2.45) is 0 Å². The first-order valence-electron chi connectivity index (χ1n) is 9.68. The normalized spacial score (nSPS) is 14.3. The van der Waals surface area contributed by atoms with Crippen LogP contribution in [0.1, 0.15) is 37.6 Å². The van der Waals surface area contributed by atoms with E-state index in [2.05, 4.69) is 21.8 Å². The van der Waals surface area contributed by atoms with Crippen molar-refractivity contribution >= 4 is 11.7 Å². The Kier molecular flexibility index (Phi) is 6.27. The molecule has 144 valence electrons. The van der Waals surface area contributed by atoms with Crippen LogP contribution in [0.5, 0.6) is 11.6 Å². The number of anilines is 1. The van der Waals surface area contributed by atoms with Crippen LogP contribution in [-0.4, -0.2) is 47.0 Å². The fourth-order valence-corrected chi connectivity index (χ4v) is 3.14. The molecule has 1 aliphatic rings. The molecule has 3 rings (SSSR count). The van der Waals surface area contributed by atoms with Gasteiger partial charge in [0.1, 0.15) is 17.4 Å².